The highest BCUT2D eigenvalue weighted by atomic mass is 16.4. The fourth-order valence-corrected chi connectivity index (χ4v) is 2.19. The molecule has 0 spiro atoms. The van der Waals surface area contributed by atoms with E-state index in [0.717, 1.165) is 18.9 Å². The lowest BCUT2D eigenvalue weighted by Gasteiger charge is -2.04. The molecule has 1 atom stereocenters. The van der Waals surface area contributed by atoms with Crippen molar-refractivity contribution in [2.45, 2.75) is 64.4 Å². The first-order chi connectivity index (χ1) is 12.6. The molecule has 0 aromatic heterocycles. The average Bonchev–Trinajstić information content (AvgIpc) is 2.60. The molecular weight excluding hydrogens is 328 g/mol. The molecule has 0 aromatic carbocycles. The number of carbonyl (C=O) groups is 2. The second-order valence-electron chi connectivity index (χ2n) is 6.03. The Morgan fingerprint density at radius 2 is 1.50 bits per heavy atom. The molecular formula is C22H32O4. The SMILES string of the molecule is CCCCCCCC[C@H](O)C=CC=CC=CC(=O)C=CCC=CC(=O)O. The number of allylic oxidation sites excluding steroid dienone is 8. The molecule has 144 valence electrons. The summed E-state index contributed by atoms with van der Waals surface area (Å²) in [6, 6.07) is 0. The fourth-order valence-electron chi connectivity index (χ4n) is 2.19. The minimum absolute atomic E-state index is 0.162. The van der Waals surface area contributed by atoms with Crippen molar-refractivity contribution in [1.29, 1.82) is 0 Å². The molecule has 0 radical (unpaired) electrons. The molecule has 26 heavy (non-hydrogen) atoms. The number of aliphatic carboxylic acids is 1. The lowest BCUT2D eigenvalue weighted by Crippen LogP contribution is -2.01. The Morgan fingerprint density at radius 1 is 0.846 bits per heavy atom. The summed E-state index contributed by atoms with van der Waals surface area (Å²) >= 11 is 0. The Balaban J connectivity index is 3.86. The monoisotopic (exact) mass is 360 g/mol. The predicted octanol–water partition coefficient (Wildman–Crippen LogP) is 4.92. The summed E-state index contributed by atoms with van der Waals surface area (Å²) in [5.74, 6) is -1.16. The Kier molecular flexibility index (Phi) is 16.1. The van der Waals surface area contributed by atoms with Crippen molar-refractivity contribution >= 4 is 11.8 Å². The van der Waals surface area contributed by atoms with Gasteiger partial charge in [0.2, 0.25) is 0 Å². The highest BCUT2D eigenvalue weighted by Gasteiger charge is 1.97. The Bertz CT molecular complexity index is 524. The maximum absolute atomic E-state index is 11.5. The van der Waals surface area contributed by atoms with Gasteiger partial charge in [-0.1, -0.05) is 88.0 Å². The van der Waals surface area contributed by atoms with E-state index in [-0.39, 0.29) is 5.78 Å². The van der Waals surface area contributed by atoms with E-state index in [2.05, 4.69) is 6.92 Å². The number of carbonyl (C=O) groups excluding carboxylic acids is 1. The highest BCUT2D eigenvalue weighted by Crippen LogP contribution is 2.09. The second kappa shape index (κ2) is 17.6. The van der Waals surface area contributed by atoms with Crippen LogP contribution >= 0.6 is 0 Å². The minimum Gasteiger partial charge on any atom is -0.478 e. The van der Waals surface area contributed by atoms with Crippen molar-refractivity contribution in [3.63, 3.8) is 0 Å². The van der Waals surface area contributed by atoms with E-state index >= 15 is 0 Å². The molecule has 0 fully saturated rings. The van der Waals surface area contributed by atoms with E-state index in [1.165, 1.54) is 50.3 Å². The van der Waals surface area contributed by atoms with E-state index < -0.39 is 12.1 Å². The number of carboxylic acids is 1. The lowest BCUT2D eigenvalue weighted by atomic mass is 10.1. The molecule has 0 aliphatic heterocycles. The van der Waals surface area contributed by atoms with Crippen LogP contribution in [0.25, 0.3) is 0 Å². The summed E-state index contributed by atoms with van der Waals surface area (Å²) in [4.78, 5) is 21.7. The molecule has 0 bridgehead atoms. The van der Waals surface area contributed by atoms with Crippen LogP contribution in [-0.4, -0.2) is 28.1 Å². The van der Waals surface area contributed by atoms with Crippen LogP contribution in [-0.2, 0) is 9.59 Å². The molecule has 0 saturated heterocycles. The second-order valence-corrected chi connectivity index (χ2v) is 6.03. The van der Waals surface area contributed by atoms with Crippen molar-refractivity contribution in [2.75, 3.05) is 0 Å². The number of ketones is 1. The topological polar surface area (TPSA) is 74.6 Å². The van der Waals surface area contributed by atoms with Crippen molar-refractivity contribution in [1.82, 2.24) is 0 Å². The van der Waals surface area contributed by atoms with Crippen LogP contribution in [0.1, 0.15) is 58.3 Å². The van der Waals surface area contributed by atoms with E-state index in [9.17, 15) is 14.7 Å². The van der Waals surface area contributed by atoms with Gasteiger partial charge >= 0.3 is 5.97 Å². The summed E-state index contributed by atoms with van der Waals surface area (Å²) in [7, 11) is 0. The van der Waals surface area contributed by atoms with Crippen LogP contribution in [0.5, 0.6) is 0 Å². The van der Waals surface area contributed by atoms with Crippen molar-refractivity contribution in [3.8, 4) is 0 Å². The Morgan fingerprint density at radius 3 is 2.23 bits per heavy atom. The van der Waals surface area contributed by atoms with Gasteiger partial charge < -0.3 is 10.2 Å². The van der Waals surface area contributed by atoms with Gasteiger partial charge in [-0.15, -0.1) is 0 Å². The van der Waals surface area contributed by atoms with E-state index in [1.54, 1.807) is 36.5 Å². The Labute approximate surface area is 157 Å². The first kappa shape index (κ1) is 23.8. The van der Waals surface area contributed by atoms with Gasteiger partial charge in [-0.25, -0.2) is 4.79 Å². The number of aliphatic hydroxyl groups is 1. The third-order valence-corrected chi connectivity index (χ3v) is 3.60. The Hall–Kier alpha value is -2.20. The maximum atomic E-state index is 11.5. The molecule has 0 unspecified atom stereocenters. The van der Waals surface area contributed by atoms with E-state index in [1.807, 2.05) is 0 Å². The zero-order valence-electron chi connectivity index (χ0n) is 15.7. The first-order valence-corrected chi connectivity index (χ1v) is 9.35. The van der Waals surface area contributed by atoms with E-state index in [4.69, 9.17) is 5.11 Å². The summed E-state index contributed by atoms with van der Waals surface area (Å²) in [6.07, 6.45) is 23.7. The largest absolute Gasteiger partial charge is 0.478 e. The van der Waals surface area contributed by atoms with Gasteiger partial charge in [0.25, 0.3) is 0 Å². The first-order valence-electron chi connectivity index (χ1n) is 9.35. The van der Waals surface area contributed by atoms with Crippen molar-refractivity contribution in [2.24, 2.45) is 0 Å². The molecule has 0 aromatic rings. The number of aliphatic hydroxyl groups excluding tert-OH is 1. The van der Waals surface area contributed by atoms with Gasteiger partial charge in [0.15, 0.2) is 5.78 Å². The summed E-state index contributed by atoms with van der Waals surface area (Å²) in [6.45, 7) is 2.20. The maximum Gasteiger partial charge on any atom is 0.327 e. The molecule has 0 aliphatic rings. The van der Waals surface area contributed by atoms with Crippen molar-refractivity contribution in [3.05, 3.63) is 60.8 Å². The van der Waals surface area contributed by atoms with Gasteiger partial charge in [-0.05, 0) is 25.0 Å². The molecule has 4 nitrogen and oxygen atoms in total. The summed E-state index contributed by atoms with van der Waals surface area (Å²) < 4.78 is 0. The van der Waals surface area contributed by atoms with Crippen molar-refractivity contribution < 1.29 is 19.8 Å². The summed E-state index contributed by atoms with van der Waals surface area (Å²) in [5, 5.41) is 18.2. The molecule has 0 amide bonds. The molecule has 0 aliphatic carbocycles. The lowest BCUT2D eigenvalue weighted by molar-refractivity contribution is -0.131. The number of hydrogen-bond donors (Lipinski definition) is 2. The number of unbranched alkanes of at least 4 members (excludes halogenated alkanes) is 5. The standard InChI is InChI=1S/C22H32O4/c1-2-3-4-5-6-10-15-20(23)16-11-7-8-12-17-21(24)18-13-9-14-19-22(25)26/h7-8,11-14,16-20,23H,2-6,9-10,15H2,1H3,(H,25,26)/t20-/m0/s1. The van der Waals surface area contributed by atoms with Crippen LogP contribution in [0.3, 0.4) is 0 Å². The zero-order chi connectivity index (χ0) is 19.5. The molecule has 0 heterocycles. The molecule has 4 heteroatoms. The average molecular weight is 360 g/mol. The van der Waals surface area contributed by atoms with Crippen LogP contribution in [0.15, 0.2) is 60.8 Å². The fraction of sp³-hybridized carbons (Fsp3) is 0.455. The third kappa shape index (κ3) is 18.1. The number of carboxylic acid groups (broad SMARTS) is 1. The van der Waals surface area contributed by atoms with Crippen LogP contribution in [0, 0.1) is 0 Å². The molecule has 2 N–H and O–H groups in total. The van der Waals surface area contributed by atoms with Gasteiger partial charge in [-0.3, -0.25) is 4.79 Å². The van der Waals surface area contributed by atoms with Gasteiger partial charge in [0.05, 0.1) is 6.10 Å². The minimum atomic E-state index is -1.00. The van der Waals surface area contributed by atoms with Gasteiger partial charge in [-0.2, -0.15) is 0 Å². The summed E-state index contributed by atoms with van der Waals surface area (Å²) in [5.41, 5.74) is 0. The highest BCUT2D eigenvalue weighted by molar-refractivity contribution is 5.99. The number of rotatable bonds is 15. The number of hydrogen-bond acceptors (Lipinski definition) is 3. The molecule has 0 saturated carbocycles. The van der Waals surface area contributed by atoms with Crippen LogP contribution < -0.4 is 0 Å². The van der Waals surface area contributed by atoms with Crippen LogP contribution in [0.2, 0.25) is 0 Å². The smallest absolute Gasteiger partial charge is 0.327 e. The van der Waals surface area contributed by atoms with E-state index in [0.29, 0.717) is 6.42 Å². The van der Waals surface area contributed by atoms with Gasteiger partial charge in [0.1, 0.15) is 0 Å². The predicted molar refractivity (Wildman–Crippen MR) is 107 cm³/mol. The normalized spacial score (nSPS) is 13.8. The van der Waals surface area contributed by atoms with Crippen LogP contribution in [0.4, 0.5) is 0 Å². The molecule has 0 rings (SSSR count). The van der Waals surface area contributed by atoms with Gasteiger partial charge in [0, 0.05) is 6.08 Å². The quantitative estimate of drug-likeness (QED) is 0.247. The third-order valence-electron chi connectivity index (χ3n) is 3.60. The zero-order valence-corrected chi connectivity index (χ0v) is 15.7.